The summed E-state index contributed by atoms with van der Waals surface area (Å²) in [7, 11) is -10.7. The molecule has 0 aliphatic rings. The molecule has 0 aromatic carbocycles. The Balaban J connectivity index is -0.000000327. The molecule has 0 bridgehead atoms. The van der Waals surface area contributed by atoms with E-state index in [1.807, 2.05) is 0 Å². The molecule has 0 rings (SSSR count). The quantitative estimate of drug-likeness (QED) is 0.210. The molecule has 0 aliphatic heterocycles. The summed E-state index contributed by atoms with van der Waals surface area (Å²) in [6.45, 7) is 4.40. The van der Waals surface area contributed by atoms with Crippen LogP contribution < -0.4 is 103 Å². The van der Waals surface area contributed by atoms with E-state index in [9.17, 15) is 28.6 Å². The summed E-state index contributed by atoms with van der Waals surface area (Å²) < 4.78 is 27.9. The summed E-state index contributed by atoms with van der Waals surface area (Å²) in [4.78, 5) is 41.3. The van der Waals surface area contributed by atoms with Gasteiger partial charge in [0.05, 0.1) is 7.82 Å². The molecule has 0 spiro atoms. The first-order chi connectivity index (χ1) is 6.53. The van der Waals surface area contributed by atoms with Crippen LogP contribution in [0.1, 0.15) is 6.92 Å². The Bertz CT molecular complexity index is 366. The van der Waals surface area contributed by atoms with Gasteiger partial charge in [0, 0.05) is 5.57 Å². The molecule has 0 aromatic heterocycles. The number of ether oxygens (including phenoxy) is 1. The van der Waals surface area contributed by atoms with Crippen molar-refractivity contribution in [3.63, 3.8) is 0 Å². The molecular formula is C5H7Na3O8P2. The van der Waals surface area contributed by atoms with Gasteiger partial charge in [0.25, 0.3) is 0 Å². The minimum absolute atomic E-state index is 0. The van der Waals surface area contributed by atoms with Gasteiger partial charge in [0.1, 0.15) is 0 Å². The van der Waals surface area contributed by atoms with Crippen LogP contribution in [0.4, 0.5) is 0 Å². The van der Waals surface area contributed by atoms with Crippen molar-refractivity contribution in [3.8, 4) is 0 Å². The average molecular weight is 326 g/mol. The number of esters is 1. The van der Waals surface area contributed by atoms with Crippen molar-refractivity contribution in [1.29, 1.82) is 0 Å². The van der Waals surface area contributed by atoms with Crippen LogP contribution in [-0.2, 0) is 23.0 Å². The van der Waals surface area contributed by atoms with E-state index in [0.717, 1.165) is 0 Å². The predicted molar refractivity (Wildman–Crippen MR) is 42.1 cm³/mol. The van der Waals surface area contributed by atoms with Crippen LogP contribution in [0.15, 0.2) is 12.2 Å². The molecule has 0 saturated heterocycles. The van der Waals surface area contributed by atoms with Crippen LogP contribution in [0, 0.1) is 0 Å². The van der Waals surface area contributed by atoms with E-state index in [4.69, 9.17) is 0 Å². The van der Waals surface area contributed by atoms with E-state index >= 15 is 0 Å². The Hall–Kier alpha value is 2.51. The van der Waals surface area contributed by atoms with Gasteiger partial charge >= 0.3 is 94.6 Å². The van der Waals surface area contributed by atoms with E-state index in [-0.39, 0.29) is 94.2 Å². The van der Waals surface area contributed by atoms with E-state index < -0.39 is 27.7 Å². The molecule has 8 nitrogen and oxygen atoms in total. The van der Waals surface area contributed by atoms with Crippen LogP contribution in [0.25, 0.3) is 0 Å². The Morgan fingerprint density at radius 2 is 1.56 bits per heavy atom. The number of phosphoric acid groups is 1. The SMILES string of the molecule is C=C(C)C(=O)OCP(=O)([O-])OP(=O)([O-])[O-].[Na+].[Na+].[Na+]. The Kier molecular flexibility index (Phi) is 19.2. The van der Waals surface area contributed by atoms with E-state index in [0.29, 0.717) is 0 Å². The van der Waals surface area contributed by atoms with E-state index in [1.165, 1.54) is 6.92 Å². The van der Waals surface area contributed by atoms with Crippen molar-refractivity contribution in [2.75, 3.05) is 6.35 Å². The Labute approximate surface area is 171 Å². The van der Waals surface area contributed by atoms with Crippen LogP contribution >= 0.6 is 15.4 Å². The third kappa shape index (κ3) is 16.6. The van der Waals surface area contributed by atoms with Gasteiger partial charge < -0.3 is 32.9 Å². The molecule has 0 amide bonds. The summed E-state index contributed by atoms with van der Waals surface area (Å²) in [5.41, 5.74) is -0.0811. The molecule has 0 radical (unpaired) electrons. The fraction of sp³-hybridized carbons (Fsp3) is 0.400. The van der Waals surface area contributed by atoms with Crippen LogP contribution in [0.2, 0.25) is 0 Å². The molecule has 1 atom stereocenters. The van der Waals surface area contributed by atoms with Crippen molar-refractivity contribution in [1.82, 2.24) is 0 Å². The topological polar surface area (TPSA) is 139 Å². The second kappa shape index (κ2) is 12.1. The zero-order valence-corrected chi connectivity index (χ0v) is 18.4. The van der Waals surface area contributed by atoms with E-state index in [2.05, 4.69) is 15.6 Å². The van der Waals surface area contributed by atoms with Gasteiger partial charge in [-0.25, -0.2) is 4.79 Å². The van der Waals surface area contributed by atoms with Gasteiger partial charge in [-0.15, -0.1) is 0 Å². The Morgan fingerprint density at radius 1 is 1.17 bits per heavy atom. The number of carbonyl (C=O) groups is 1. The van der Waals surface area contributed by atoms with Crippen molar-refractivity contribution in [3.05, 3.63) is 12.2 Å². The maximum atomic E-state index is 10.7. The van der Waals surface area contributed by atoms with Gasteiger partial charge in [-0.3, -0.25) is 0 Å². The molecule has 18 heavy (non-hydrogen) atoms. The summed E-state index contributed by atoms with van der Waals surface area (Å²) in [6, 6.07) is 0. The largest absolute Gasteiger partial charge is 1.00 e. The molecule has 0 aliphatic carbocycles. The third-order valence-corrected chi connectivity index (χ3v) is 3.17. The minimum atomic E-state index is -5.66. The molecule has 1 unspecified atom stereocenters. The number of hydrogen-bond donors (Lipinski definition) is 0. The number of carbonyl (C=O) groups excluding carboxylic acids is 1. The normalized spacial score (nSPS) is 12.9. The Morgan fingerprint density at radius 3 is 1.83 bits per heavy atom. The van der Waals surface area contributed by atoms with Crippen molar-refractivity contribution >= 4 is 21.4 Å². The molecule has 0 saturated carbocycles. The summed E-state index contributed by atoms with van der Waals surface area (Å²) in [6.07, 6.45) is -1.34. The maximum Gasteiger partial charge on any atom is 1.00 e. The van der Waals surface area contributed by atoms with Crippen LogP contribution in [0.5, 0.6) is 0 Å². The summed E-state index contributed by atoms with van der Waals surface area (Å²) >= 11 is 0. The first-order valence-corrected chi connectivity index (χ1v) is 6.58. The van der Waals surface area contributed by atoms with Crippen LogP contribution in [-0.4, -0.2) is 12.3 Å². The standard InChI is InChI=1S/C5H10O8P2.3Na/c1-4(2)5(6)12-3-14(7,8)13-15(9,10)11;;;/h1,3H2,2H3,(H,7,8)(H2,9,10,11);;;/q;3*+1/p-3. The van der Waals surface area contributed by atoms with Crippen molar-refractivity contribution in [2.45, 2.75) is 6.92 Å². The zero-order chi connectivity index (χ0) is 12.3. The molecule has 0 fully saturated rings. The molecule has 0 heterocycles. The van der Waals surface area contributed by atoms with Gasteiger partial charge in [-0.2, -0.15) is 0 Å². The van der Waals surface area contributed by atoms with Gasteiger partial charge in [-0.1, -0.05) is 6.58 Å². The summed E-state index contributed by atoms with van der Waals surface area (Å²) in [5.74, 6) is -1.04. The monoisotopic (exact) mass is 326 g/mol. The molecule has 0 N–H and O–H groups in total. The number of hydrogen-bond acceptors (Lipinski definition) is 8. The van der Waals surface area contributed by atoms with Crippen LogP contribution in [0.3, 0.4) is 0 Å². The first-order valence-electron chi connectivity index (χ1n) is 3.39. The van der Waals surface area contributed by atoms with Gasteiger partial charge in [0.2, 0.25) is 0 Å². The molecule has 0 aromatic rings. The van der Waals surface area contributed by atoms with Gasteiger partial charge in [0.15, 0.2) is 13.9 Å². The number of rotatable bonds is 5. The van der Waals surface area contributed by atoms with Crippen molar-refractivity contribution in [2.24, 2.45) is 0 Å². The third-order valence-electron chi connectivity index (χ3n) is 0.927. The fourth-order valence-electron chi connectivity index (χ4n) is 0.437. The van der Waals surface area contributed by atoms with E-state index in [1.54, 1.807) is 0 Å². The molecular weight excluding hydrogens is 319 g/mol. The summed E-state index contributed by atoms with van der Waals surface area (Å²) in [5, 5.41) is 0. The predicted octanol–water partition coefficient (Wildman–Crippen LogP) is -10.5. The van der Waals surface area contributed by atoms with Gasteiger partial charge in [-0.05, 0) is 6.92 Å². The smallest absolute Gasteiger partial charge is 0.790 e. The first kappa shape index (κ1) is 28.6. The second-order valence-electron chi connectivity index (χ2n) is 2.48. The minimum Gasteiger partial charge on any atom is -0.790 e. The zero-order valence-electron chi connectivity index (χ0n) is 10.6. The average Bonchev–Trinajstić information content (AvgIpc) is 1.95. The fourth-order valence-corrected chi connectivity index (χ4v) is 2.12. The van der Waals surface area contributed by atoms with Crippen molar-refractivity contribution < 1.29 is 126 Å². The molecule has 13 heteroatoms. The molecule has 88 valence electrons. The second-order valence-corrected chi connectivity index (χ2v) is 5.51. The maximum absolute atomic E-state index is 10.7.